The molecule has 1 aliphatic carbocycles. The fourth-order valence-corrected chi connectivity index (χ4v) is 3.25. The maximum atomic E-state index is 12.9. The Bertz CT molecular complexity index is 1160. The van der Waals surface area contributed by atoms with Gasteiger partial charge in [-0.3, -0.25) is 19.3 Å². The molecule has 4 rings (SSSR count). The minimum atomic E-state index is -4.48. The standard InChI is InChI=1S/C19H19F3N6O2/c1-10-14-8-24-27(18(30)17(14)28(26-10)13-4-5-13)9-16(29)25-11(2)15-6-3-12(7-23-15)19(20,21)22/h3,6-8,11,13H,4-5,9H2,1-2H3,(H,25,29). The number of carbonyl (C=O) groups excluding carboxylic acids is 1. The summed E-state index contributed by atoms with van der Waals surface area (Å²) in [5, 5.41) is 11.8. The van der Waals surface area contributed by atoms with E-state index in [1.54, 1.807) is 18.5 Å². The van der Waals surface area contributed by atoms with Crippen LogP contribution < -0.4 is 10.9 Å². The van der Waals surface area contributed by atoms with Gasteiger partial charge < -0.3 is 5.32 Å². The Morgan fingerprint density at radius 3 is 2.63 bits per heavy atom. The van der Waals surface area contributed by atoms with Gasteiger partial charge in [-0.15, -0.1) is 0 Å². The summed E-state index contributed by atoms with van der Waals surface area (Å²) in [6.07, 6.45) is -0.327. The fraction of sp³-hybridized carbons (Fsp3) is 0.421. The fourth-order valence-electron chi connectivity index (χ4n) is 3.25. The summed E-state index contributed by atoms with van der Waals surface area (Å²) in [5.41, 5.74) is 0.136. The third-order valence-electron chi connectivity index (χ3n) is 5.02. The van der Waals surface area contributed by atoms with Gasteiger partial charge in [0.1, 0.15) is 12.1 Å². The smallest absolute Gasteiger partial charge is 0.346 e. The Morgan fingerprint density at radius 1 is 1.30 bits per heavy atom. The number of amides is 1. The van der Waals surface area contributed by atoms with E-state index in [1.165, 1.54) is 12.3 Å². The van der Waals surface area contributed by atoms with E-state index in [4.69, 9.17) is 0 Å². The molecule has 158 valence electrons. The molecule has 1 unspecified atom stereocenters. The van der Waals surface area contributed by atoms with E-state index in [-0.39, 0.29) is 18.3 Å². The van der Waals surface area contributed by atoms with Crippen molar-refractivity contribution in [1.29, 1.82) is 0 Å². The van der Waals surface area contributed by atoms with Crippen molar-refractivity contribution >= 4 is 16.8 Å². The second-order valence-corrected chi connectivity index (χ2v) is 7.39. The lowest BCUT2D eigenvalue weighted by atomic mass is 10.2. The van der Waals surface area contributed by atoms with Crippen molar-refractivity contribution in [3.63, 3.8) is 0 Å². The zero-order valence-corrected chi connectivity index (χ0v) is 16.3. The molecule has 8 nitrogen and oxygen atoms in total. The Labute approximate surface area is 168 Å². The summed E-state index contributed by atoms with van der Waals surface area (Å²) in [7, 11) is 0. The van der Waals surface area contributed by atoms with E-state index < -0.39 is 29.2 Å². The van der Waals surface area contributed by atoms with E-state index in [0.29, 0.717) is 16.6 Å². The molecule has 0 radical (unpaired) electrons. The van der Waals surface area contributed by atoms with Gasteiger partial charge in [-0.05, 0) is 38.8 Å². The van der Waals surface area contributed by atoms with Crippen molar-refractivity contribution in [2.45, 2.75) is 51.5 Å². The molecule has 1 atom stereocenters. The van der Waals surface area contributed by atoms with Crippen LogP contribution in [0.2, 0.25) is 0 Å². The Hall–Kier alpha value is -3.24. The van der Waals surface area contributed by atoms with Crippen LogP contribution >= 0.6 is 0 Å². The lowest BCUT2D eigenvalue weighted by molar-refractivity contribution is -0.137. The first-order valence-corrected chi connectivity index (χ1v) is 9.42. The normalized spacial score (nSPS) is 15.4. The van der Waals surface area contributed by atoms with Gasteiger partial charge >= 0.3 is 6.18 Å². The van der Waals surface area contributed by atoms with Crippen LogP contribution in [0.3, 0.4) is 0 Å². The summed E-state index contributed by atoms with van der Waals surface area (Å²) >= 11 is 0. The topological polar surface area (TPSA) is 94.7 Å². The molecule has 30 heavy (non-hydrogen) atoms. The molecule has 1 aliphatic rings. The number of hydrogen-bond acceptors (Lipinski definition) is 5. The first-order chi connectivity index (χ1) is 14.1. The van der Waals surface area contributed by atoms with Crippen LogP contribution in [-0.2, 0) is 17.5 Å². The van der Waals surface area contributed by atoms with Crippen molar-refractivity contribution in [2.24, 2.45) is 0 Å². The molecule has 1 fully saturated rings. The molecule has 0 aliphatic heterocycles. The van der Waals surface area contributed by atoms with Crippen LogP contribution in [0.25, 0.3) is 10.9 Å². The van der Waals surface area contributed by atoms with Gasteiger partial charge in [0.2, 0.25) is 5.91 Å². The van der Waals surface area contributed by atoms with Crippen molar-refractivity contribution in [2.75, 3.05) is 0 Å². The van der Waals surface area contributed by atoms with Crippen molar-refractivity contribution in [3.8, 4) is 0 Å². The second kappa shape index (κ2) is 7.22. The van der Waals surface area contributed by atoms with Gasteiger partial charge in [0.15, 0.2) is 0 Å². The van der Waals surface area contributed by atoms with Crippen molar-refractivity contribution in [1.82, 2.24) is 29.9 Å². The molecule has 3 heterocycles. The van der Waals surface area contributed by atoms with Crippen molar-refractivity contribution in [3.05, 3.63) is 51.8 Å². The van der Waals surface area contributed by atoms with Crippen LogP contribution in [0.5, 0.6) is 0 Å². The predicted molar refractivity (Wildman–Crippen MR) is 101 cm³/mol. The summed E-state index contributed by atoms with van der Waals surface area (Å²) < 4.78 is 40.7. The van der Waals surface area contributed by atoms with E-state index in [1.807, 2.05) is 0 Å². The number of nitrogens with one attached hydrogen (secondary N) is 1. The summed E-state index contributed by atoms with van der Waals surface area (Å²) in [6.45, 7) is 3.07. The highest BCUT2D eigenvalue weighted by molar-refractivity contribution is 5.81. The first-order valence-electron chi connectivity index (χ1n) is 9.42. The van der Waals surface area contributed by atoms with E-state index in [2.05, 4.69) is 20.5 Å². The molecular formula is C19H19F3N6O2. The molecule has 0 aromatic carbocycles. The number of hydrogen-bond donors (Lipinski definition) is 1. The number of carbonyl (C=O) groups is 1. The summed E-state index contributed by atoms with van der Waals surface area (Å²) in [6, 6.07) is 1.68. The lowest BCUT2D eigenvalue weighted by Crippen LogP contribution is -2.35. The number of fused-ring (bicyclic) bond motifs is 1. The van der Waals surface area contributed by atoms with Crippen LogP contribution in [-0.4, -0.2) is 30.5 Å². The maximum absolute atomic E-state index is 12.9. The number of nitrogens with zero attached hydrogens (tertiary/aromatic N) is 5. The highest BCUT2D eigenvalue weighted by atomic mass is 19.4. The highest BCUT2D eigenvalue weighted by Crippen LogP contribution is 2.36. The lowest BCUT2D eigenvalue weighted by Gasteiger charge is -2.15. The third-order valence-corrected chi connectivity index (χ3v) is 5.02. The molecule has 1 saturated carbocycles. The monoisotopic (exact) mass is 420 g/mol. The Morgan fingerprint density at radius 2 is 2.03 bits per heavy atom. The maximum Gasteiger partial charge on any atom is 0.417 e. The Balaban J connectivity index is 1.50. The molecule has 3 aromatic heterocycles. The Kier molecular flexibility index (Phi) is 4.83. The first kappa shape index (κ1) is 20.0. The largest absolute Gasteiger partial charge is 0.417 e. The van der Waals surface area contributed by atoms with E-state index in [0.717, 1.165) is 29.8 Å². The van der Waals surface area contributed by atoms with E-state index in [9.17, 15) is 22.8 Å². The number of pyridine rings is 1. The van der Waals surface area contributed by atoms with Crippen LogP contribution in [0, 0.1) is 6.92 Å². The van der Waals surface area contributed by atoms with Gasteiger partial charge in [0.05, 0.1) is 35.2 Å². The average molecular weight is 420 g/mol. The molecule has 11 heteroatoms. The van der Waals surface area contributed by atoms with Gasteiger partial charge in [-0.1, -0.05) is 0 Å². The number of alkyl halides is 3. The number of aromatic nitrogens is 5. The molecule has 3 aromatic rings. The van der Waals surface area contributed by atoms with Crippen LogP contribution in [0.4, 0.5) is 13.2 Å². The van der Waals surface area contributed by atoms with Crippen LogP contribution in [0.15, 0.2) is 29.3 Å². The summed E-state index contributed by atoms with van der Waals surface area (Å²) in [5.74, 6) is -0.507. The average Bonchev–Trinajstić information content (AvgIpc) is 3.47. The molecule has 0 spiro atoms. The number of aryl methyl sites for hydroxylation is 1. The van der Waals surface area contributed by atoms with Gasteiger partial charge in [0, 0.05) is 11.6 Å². The number of rotatable bonds is 5. The molecule has 1 amide bonds. The summed E-state index contributed by atoms with van der Waals surface area (Å²) in [4.78, 5) is 29.0. The number of halogens is 3. The molecule has 1 N–H and O–H groups in total. The van der Waals surface area contributed by atoms with Crippen LogP contribution in [0.1, 0.15) is 48.8 Å². The van der Waals surface area contributed by atoms with Crippen molar-refractivity contribution < 1.29 is 18.0 Å². The zero-order valence-electron chi connectivity index (χ0n) is 16.3. The minimum absolute atomic E-state index is 0.198. The van der Waals surface area contributed by atoms with E-state index >= 15 is 0 Å². The third kappa shape index (κ3) is 3.79. The van der Waals surface area contributed by atoms with Gasteiger partial charge in [0.25, 0.3) is 5.56 Å². The SMILES string of the molecule is Cc1nn(C2CC2)c2c(=O)n(CC(=O)NC(C)c3ccc(C(F)(F)F)cn3)ncc12. The van der Waals surface area contributed by atoms with Gasteiger partial charge in [-0.2, -0.15) is 23.4 Å². The quantitative estimate of drug-likeness (QED) is 0.685. The molecular weight excluding hydrogens is 401 g/mol. The predicted octanol–water partition coefficient (Wildman–Crippen LogP) is 2.53. The molecule has 0 saturated heterocycles. The highest BCUT2D eigenvalue weighted by Gasteiger charge is 2.31. The zero-order chi connectivity index (χ0) is 21.6. The second-order valence-electron chi connectivity index (χ2n) is 7.39. The minimum Gasteiger partial charge on any atom is -0.346 e. The van der Waals surface area contributed by atoms with Gasteiger partial charge in [-0.25, -0.2) is 4.68 Å². The molecule has 0 bridgehead atoms.